The zero-order valence-electron chi connectivity index (χ0n) is 18.5. The number of benzene rings is 2. The second kappa shape index (κ2) is 11.1. The van der Waals surface area contributed by atoms with E-state index in [1.54, 1.807) is 19.5 Å². The third-order valence-electron chi connectivity index (χ3n) is 5.16. The Balaban J connectivity index is 1.46. The van der Waals surface area contributed by atoms with Crippen LogP contribution in [0.2, 0.25) is 0 Å². The zero-order valence-corrected chi connectivity index (χ0v) is 18.5. The molecule has 4 rings (SSSR count). The molecule has 33 heavy (non-hydrogen) atoms. The number of methoxy groups -OCH3 is 1. The minimum Gasteiger partial charge on any atom is -0.475 e. The van der Waals surface area contributed by atoms with Crippen LogP contribution in [0.4, 0.5) is 0 Å². The number of aromatic nitrogens is 3. The molecule has 0 saturated carbocycles. The third-order valence-corrected chi connectivity index (χ3v) is 5.16. The molecule has 1 N–H and O–H groups in total. The normalized spacial score (nSPS) is 10.7. The summed E-state index contributed by atoms with van der Waals surface area (Å²) in [7, 11) is 1.62. The van der Waals surface area contributed by atoms with Gasteiger partial charge in [-0.25, -0.2) is 4.98 Å². The van der Waals surface area contributed by atoms with Gasteiger partial charge in [-0.2, -0.15) is 5.10 Å². The molecule has 1 amide bonds. The van der Waals surface area contributed by atoms with Crippen molar-refractivity contribution in [1.29, 1.82) is 0 Å². The lowest BCUT2D eigenvalue weighted by atomic mass is 9.98. The van der Waals surface area contributed by atoms with Crippen LogP contribution in [0.15, 0.2) is 85.3 Å². The molecule has 4 aromatic rings. The monoisotopic (exact) mass is 442 g/mol. The van der Waals surface area contributed by atoms with Crippen LogP contribution in [-0.2, 0) is 17.8 Å². The smallest absolute Gasteiger partial charge is 0.252 e. The summed E-state index contributed by atoms with van der Waals surface area (Å²) in [6.07, 6.45) is 5.37. The Morgan fingerprint density at radius 2 is 1.82 bits per heavy atom. The van der Waals surface area contributed by atoms with Gasteiger partial charge in [0.15, 0.2) is 0 Å². The lowest BCUT2D eigenvalue weighted by Crippen LogP contribution is -2.24. The minimum atomic E-state index is -0.155. The molecule has 0 fully saturated rings. The van der Waals surface area contributed by atoms with E-state index in [0.29, 0.717) is 37.7 Å². The highest BCUT2D eigenvalue weighted by Gasteiger charge is 2.14. The minimum absolute atomic E-state index is 0.155. The number of carbonyl (C=O) groups excluding carboxylic acids is 1. The summed E-state index contributed by atoms with van der Waals surface area (Å²) in [5.41, 5.74) is 4.42. The van der Waals surface area contributed by atoms with Crippen LogP contribution in [0.25, 0.3) is 11.1 Å². The molecule has 7 heteroatoms. The van der Waals surface area contributed by atoms with E-state index in [-0.39, 0.29) is 5.91 Å². The van der Waals surface area contributed by atoms with Gasteiger partial charge in [0.2, 0.25) is 5.88 Å². The van der Waals surface area contributed by atoms with E-state index in [9.17, 15) is 4.79 Å². The molecule has 0 spiro atoms. The topological polar surface area (TPSA) is 78.3 Å². The molecule has 0 radical (unpaired) electrons. The second-order valence-electron chi connectivity index (χ2n) is 7.44. The van der Waals surface area contributed by atoms with Crippen LogP contribution in [0.5, 0.6) is 5.88 Å². The van der Waals surface area contributed by atoms with Crippen molar-refractivity contribution in [1.82, 2.24) is 20.1 Å². The summed E-state index contributed by atoms with van der Waals surface area (Å²) >= 11 is 0. The molecule has 0 aliphatic carbocycles. The van der Waals surface area contributed by atoms with Crippen molar-refractivity contribution < 1.29 is 14.3 Å². The maximum atomic E-state index is 13.1. The van der Waals surface area contributed by atoms with Crippen LogP contribution in [0.1, 0.15) is 21.5 Å². The van der Waals surface area contributed by atoms with E-state index in [2.05, 4.69) is 27.5 Å². The molecule has 0 bridgehead atoms. The van der Waals surface area contributed by atoms with Gasteiger partial charge in [0, 0.05) is 43.4 Å². The Morgan fingerprint density at radius 3 is 2.61 bits per heavy atom. The summed E-state index contributed by atoms with van der Waals surface area (Å²) in [6.45, 7) is 1.88. The summed E-state index contributed by atoms with van der Waals surface area (Å²) in [5.74, 6) is 0.341. The number of ether oxygens (including phenoxy) is 2. The first-order valence-corrected chi connectivity index (χ1v) is 10.7. The molecule has 2 aromatic heterocycles. The van der Waals surface area contributed by atoms with Crippen molar-refractivity contribution >= 4 is 5.91 Å². The quantitative estimate of drug-likeness (QED) is 0.376. The maximum Gasteiger partial charge on any atom is 0.252 e. The number of nitrogens with zero attached hydrogens (tertiary/aromatic N) is 3. The van der Waals surface area contributed by atoms with E-state index in [0.717, 1.165) is 22.3 Å². The molecule has 0 saturated heterocycles. The highest BCUT2D eigenvalue weighted by atomic mass is 16.5. The van der Waals surface area contributed by atoms with Gasteiger partial charge in [-0.3, -0.25) is 9.48 Å². The van der Waals surface area contributed by atoms with Crippen LogP contribution >= 0.6 is 0 Å². The van der Waals surface area contributed by atoms with Crippen LogP contribution in [0, 0.1) is 0 Å². The number of pyridine rings is 1. The predicted octanol–water partition coefficient (Wildman–Crippen LogP) is 3.95. The number of hydrogen-bond acceptors (Lipinski definition) is 5. The summed E-state index contributed by atoms with van der Waals surface area (Å²) in [4.78, 5) is 17.3. The lowest BCUT2D eigenvalue weighted by Gasteiger charge is -2.13. The van der Waals surface area contributed by atoms with Crippen molar-refractivity contribution in [2.45, 2.75) is 13.1 Å². The lowest BCUT2D eigenvalue weighted by molar-refractivity contribution is 0.0950. The van der Waals surface area contributed by atoms with Gasteiger partial charge >= 0.3 is 0 Å². The molecule has 0 aliphatic rings. The van der Waals surface area contributed by atoms with Crippen molar-refractivity contribution in [2.24, 2.45) is 0 Å². The molecule has 7 nitrogen and oxygen atoms in total. The standard InChI is InChI=1S/C26H26N4O3/c1-32-16-17-33-26-22(6-4-13-27-26)18-28-25(31)24-8-3-2-7-23(24)21-11-9-20(10-12-21)19-30-15-5-14-29-30/h2-15H,16-19H2,1H3,(H,28,31). The Morgan fingerprint density at radius 1 is 0.970 bits per heavy atom. The van der Waals surface area contributed by atoms with Gasteiger partial charge in [0.25, 0.3) is 5.91 Å². The largest absolute Gasteiger partial charge is 0.475 e. The Kier molecular flexibility index (Phi) is 7.45. The molecule has 168 valence electrons. The first-order chi connectivity index (χ1) is 16.2. The first-order valence-electron chi connectivity index (χ1n) is 10.7. The highest BCUT2D eigenvalue weighted by Crippen LogP contribution is 2.25. The van der Waals surface area contributed by atoms with Gasteiger partial charge in [0.05, 0.1) is 13.2 Å². The van der Waals surface area contributed by atoms with Gasteiger partial charge in [-0.1, -0.05) is 48.5 Å². The van der Waals surface area contributed by atoms with Gasteiger partial charge in [0.1, 0.15) is 6.61 Å². The molecular formula is C26H26N4O3. The van der Waals surface area contributed by atoms with Gasteiger partial charge in [-0.05, 0) is 34.9 Å². The second-order valence-corrected chi connectivity index (χ2v) is 7.44. The number of rotatable bonds is 10. The Hall–Kier alpha value is -3.97. The van der Waals surface area contributed by atoms with E-state index >= 15 is 0 Å². The molecule has 0 unspecified atom stereocenters. The number of nitrogens with one attached hydrogen (secondary N) is 1. The van der Waals surface area contributed by atoms with E-state index < -0.39 is 0 Å². The van der Waals surface area contributed by atoms with Gasteiger partial charge in [-0.15, -0.1) is 0 Å². The SMILES string of the molecule is COCCOc1ncccc1CNC(=O)c1ccccc1-c1ccc(Cn2cccn2)cc1. The van der Waals surface area contributed by atoms with E-state index in [1.807, 2.05) is 65.5 Å². The van der Waals surface area contributed by atoms with Crippen LogP contribution in [0.3, 0.4) is 0 Å². The summed E-state index contributed by atoms with van der Waals surface area (Å²) in [5, 5.41) is 7.24. The number of amides is 1. The fraction of sp³-hybridized carbons (Fsp3) is 0.192. The fourth-order valence-corrected chi connectivity index (χ4v) is 3.48. The third kappa shape index (κ3) is 5.84. The Bertz CT molecular complexity index is 1170. The molecular weight excluding hydrogens is 416 g/mol. The zero-order chi connectivity index (χ0) is 22.9. The highest BCUT2D eigenvalue weighted by molar-refractivity contribution is 6.00. The van der Waals surface area contributed by atoms with Crippen LogP contribution in [-0.4, -0.2) is 41.0 Å². The summed E-state index contributed by atoms with van der Waals surface area (Å²) < 4.78 is 12.6. The van der Waals surface area contributed by atoms with E-state index in [1.165, 1.54) is 0 Å². The maximum absolute atomic E-state index is 13.1. The Labute approximate surface area is 193 Å². The molecule has 2 aromatic carbocycles. The van der Waals surface area contributed by atoms with Crippen molar-refractivity contribution in [3.63, 3.8) is 0 Å². The average molecular weight is 443 g/mol. The average Bonchev–Trinajstić information content (AvgIpc) is 3.37. The predicted molar refractivity (Wildman–Crippen MR) is 126 cm³/mol. The molecule has 0 aliphatic heterocycles. The van der Waals surface area contributed by atoms with Gasteiger partial charge < -0.3 is 14.8 Å². The van der Waals surface area contributed by atoms with Crippen LogP contribution < -0.4 is 10.1 Å². The molecule has 2 heterocycles. The number of carbonyl (C=O) groups is 1. The number of hydrogen-bond donors (Lipinski definition) is 1. The molecule has 0 atom stereocenters. The fourth-order valence-electron chi connectivity index (χ4n) is 3.48. The van der Waals surface area contributed by atoms with Crippen molar-refractivity contribution in [2.75, 3.05) is 20.3 Å². The van der Waals surface area contributed by atoms with Crippen molar-refractivity contribution in [3.05, 3.63) is 102 Å². The van der Waals surface area contributed by atoms with Crippen molar-refractivity contribution in [3.8, 4) is 17.0 Å². The summed E-state index contributed by atoms with van der Waals surface area (Å²) in [6, 6.07) is 21.4. The first kappa shape index (κ1) is 22.2. The van der Waals surface area contributed by atoms with E-state index in [4.69, 9.17) is 9.47 Å².